The first-order chi connectivity index (χ1) is 9.65. The molecule has 0 bridgehead atoms. The number of anilines is 1. The second-order valence-electron chi connectivity index (χ2n) is 4.68. The molecular weight excluding hydrogens is 316 g/mol. The molecule has 0 aliphatic carbocycles. The summed E-state index contributed by atoms with van der Waals surface area (Å²) in [7, 11) is 0. The molecule has 0 saturated heterocycles. The van der Waals surface area contributed by atoms with E-state index in [1.54, 1.807) is 0 Å². The highest BCUT2D eigenvalue weighted by atomic mass is 79.9. The van der Waals surface area contributed by atoms with Gasteiger partial charge in [-0.05, 0) is 58.7 Å². The highest BCUT2D eigenvalue weighted by Gasteiger charge is 2.12. The van der Waals surface area contributed by atoms with Crippen LogP contribution in [0, 0.1) is 6.92 Å². The fraction of sp³-hybridized carbons (Fsp3) is 0.0625. The zero-order chi connectivity index (χ0) is 14.1. The van der Waals surface area contributed by atoms with Gasteiger partial charge in [-0.25, -0.2) is 0 Å². The van der Waals surface area contributed by atoms with Crippen LogP contribution < -0.4 is 5.32 Å². The quantitative estimate of drug-likeness (QED) is 0.715. The number of carbonyl (C=O) groups is 1. The molecular formula is C16H13BrN2O. The molecule has 0 aliphatic rings. The van der Waals surface area contributed by atoms with Gasteiger partial charge in [-0.15, -0.1) is 0 Å². The van der Waals surface area contributed by atoms with Crippen LogP contribution >= 0.6 is 15.9 Å². The highest BCUT2D eigenvalue weighted by molar-refractivity contribution is 9.10. The predicted molar refractivity (Wildman–Crippen MR) is 85.1 cm³/mol. The second-order valence-corrected chi connectivity index (χ2v) is 5.54. The number of H-pyrrole nitrogens is 1. The van der Waals surface area contributed by atoms with Crippen molar-refractivity contribution in [3.63, 3.8) is 0 Å². The van der Waals surface area contributed by atoms with Gasteiger partial charge >= 0.3 is 0 Å². The van der Waals surface area contributed by atoms with Crippen LogP contribution in [0.4, 0.5) is 5.69 Å². The molecule has 0 unspecified atom stereocenters. The number of aromatic amines is 1. The molecule has 1 amide bonds. The number of aromatic nitrogens is 1. The summed E-state index contributed by atoms with van der Waals surface area (Å²) in [6.07, 6.45) is 1.84. The van der Waals surface area contributed by atoms with Gasteiger partial charge in [0, 0.05) is 27.1 Å². The second kappa shape index (κ2) is 5.13. The maximum absolute atomic E-state index is 12.4. The smallest absolute Gasteiger partial charge is 0.256 e. The average Bonchev–Trinajstić information content (AvgIpc) is 2.90. The van der Waals surface area contributed by atoms with Crippen molar-refractivity contribution in [3.05, 3.63) is 64.3 Å². The summed E-state index contributed by atoms with van der Waals surface area (Å²) < 4.78 is 0.882. The lowest BCUT2D eigenvalue weighted by Gasteiger charge is -2.09. The minimum Gasteiger partial charge on any atom is -0.361 e. The van der Waals surface area contributed by atoms with E-state index in [0.29, 0.717) is 5.56 Å². The summed E-state index contributed by atoms with van der Waals surface area (Å²) in [4.78, 5) is 15.5. The largest absolute Gasteiger partial charge is 0.361 e. The Hall–Kier alpha value is -2.07. The van der Waals surface area contributed by atoms with Crippen molar-refractivity contribution < 1.29 is 4.79 Å². The Morgan fingerprint density at radius 2 is 2.05 bits per heavy atom. The predicted octanol–water partition coefficient (Wildman–Crippen LogP) is 4.49. The molecule has 3 rings (SSSR count). The van der Waals surface area contributed by atoms with Crippen LogP contribution in [0.1, 0.15) is 15.9 Å². The van der Waals surface area contributed by atoms with Crippen LogP contribution in [0.3, 0.4) is 0 Å². The molecule has 0 radical (unpaired) electrons. The average molecular weight is 329 g/mol. The molecule has 3 nitrogen and oxygen atoms in total. The minimum absolute atomic E-state index is 0.111. The lowest BCUT2D eigenvalue weighted by atomic mass is 10.1. The molecule has 2 N–H and O–H groups in total. The summed E-state index contributed by atoms with van der Waals surface area (Å²) >= 11 is 3.47. The number of fused-ring (bicyclic) bond motifs is 1. The van der Waals surface area contributed by atoms with Crippen LogP contribution in [0.15, 0.2) is 53.1 Å². The molecule has 20 heavy (non-hydrogen) atoms. The van der Waals surface area contributed by atoms with Gasteiger partial charge in [0.25, 0.3) is 5.91 Å². The molecule has 100 valence electrons. The summed E-state index contributed by atoms with van der Waals surface area (Å²) in [5.74, 6) is -0.111. The molecule has 0 spiro atoms. The van der Waals surface area contributed by atoms with Gasteiger partial charge < -0.3 is 10.3 Å². The lowest BCUT2D eigenvalue weighted by Crippen LogP contribution is -2.12. The first kappa shape index (κ1) is 12.9. The van der Waals surface area contributed by atoms with E-state index in [2.05, 4.69) is 26.2 Å². The maximum Gasteiger partial charge on any atom is 0.256 e. The molecule has 0 aliphatic heterocycles. The van der Waals surface area contributed by atoms with E-state index in [0.717, 1.165) is 26.6 Å². The van der Waals surface area contributed by atoms with E-state index in [9.17, 15) is 4.79 Å². The molecule has 2 aromatic carbocycles. The van der Waals surface area contributed by atoms with Crippen molar-refractivity contribution in [3.8, 4) is 0 Å². The number of halogens is 1. The first-order valence-electron chi connectivity index (χ1n) is 6.29. The van der Waals surface area contributed by atoms with Crippen molar-refractivity contribution in [2.24, 2.45) is 0 Å². The molecule has 0 saturated carbocycles. The van der Waals surface area contributed by atoms with Gasteiger partial charge in [-0.2, -0.15) is 0 Å². The summed E-state index contributed by atoms with van der Waals surface area (Å²) in [6.45, 7) is 2.01. The number of aryl methyl sites for hydroxylation is 1. The van der Waals surface area contributed by atoms with E-state index in [1.165, 1.54) is 0 Å². The zero-order valence-electron chi connectivity index (χ0n) is 10.9. The van der Waals surface area contributed by atoms with Crippen LogP contribution in [-0.4, -0.2) is 10.9 Å². The van der Waals surface area contributed by atoms with Gasteiger partial charge in [0.15, 0.2) is 0 Å². The Kier molecular flexibility index (Phi) is 3.32. The van der Waals surface area contributed by atoms with E-state index in [-0.39, 0.29) is 5.91 Å². The van der Waals surface area contributed by atoms with Crippen LogP contribution in [0.25, 0.3) is 10.9 Å². The molecule has 3 aromatic rings. The normalized spacial score (nSPS) is 10.7. The van der Waals surface area contributed by atoms with Crippen molar-refractivity contribution in [2.75, 3.05) is 5.32 Å². The van der Waals surface area contributed by atoms with Gasteiger partial charge in [-0.3, -0.25) is 4.79 Å². The van der Waals surface area contributed by atoms with Gasteiger partial charge in [-0.1, -0.05) is 12.1 Å². The van der Waals surface area contributed by atoms with Crippen molar-refractivity contribution in [1.82, 2.24) is 4.98 Å². The summed E-state index contributed by atoms with van der Waals surface area (Å²) in [5, 5.41) is 3.86. The Balaban J connectivity index is 1.95. The van der Waals surface area contributed by atoms with Crippen LogP contribution in [0.5, 0.6) is 0 Å². The third-order valence-corrected chi connectivity index (χ3v) is 3.87. The number of rotatable bonds is 2. The fourth-order valence-electron chi connectivity index (χ4n) is 2.19. The monoisotopic (exact) mass is 328 g/mol. The van der Waals surface area contributed by atoms with E-state index < -0.39 is 0 Å². The third-order valence-electron chi connectivity index (χ3n) is 3.21. The summed E-state index contributed by atoms with van der Waals surface area (Å²) in [5.41, 5.74) is 3.53. The number of hydrogen-bond acceptors (Lipinski definition) is 1. The van der Waals surface area contributed by atoms with E-state index >= 15 is 0 Å². The Morgan fingerprint density at radius 1 is 1.20 bits per heavy atom. The maximum atomic E-state index is 12.4. The number of nitrogens with one attached hydrogen (secondary N) is 2. The fourth-order valence-corrected chi connectivity index (χ4v) is 2.79. The minimum atomic E-state index is -0.111. The highest BCUT2D eigenvalue weighted by Crippen LogP contribution is 2.25. The van der Waals surface area contributed by atoms with Crippen molar-refractivity contribution in [2.45, 2.75) is 6.92 Å². The number of carbonyl (C=O) groups excluding carboxylic acids is 1. The number of benzene rings is 2. The topological polar surface area (TPSA) is 44.9 Å². The molecule has 1 aromatic heterocycles. The number of hydrogen-bond donors (Lipinski definition) is 2. The molecule has 1 heterocycles. The van der Waals surface area contributed by atoms with Crippen molar-refractivity contribution in [1.29, 1.82) is 0 Å². The number of amides is 1. The van der Waals surface area contributed by atoms with Crippen LogP contribution in [0.2, 0.25) is 0 Å². The SMILES string of the molecule is Cc1ccc(NC(=O)c2cccc3[nH]ccc23)c(Br)c1. The van der Waals surface area contributed by atoms with Gasteiger partial charge in [0.05, 0.1) is 5.69 Å². The molecule has 0 fully saturated rings. The standard InChI is InChI=1S/C16H13BrN2O/c1-10-5-6-15(13(17)9-10)19-16(20)12-3-2-4-14-11(12)7-8-18-14/h2-9,18H,1H3,(H,19,20). The Morgan fingerprint density at radius 3 is 2.85 bits per heavy atom. The Bertz CT molecular complexity index is 792. The van der Waals surface area contributed by atoms with Crippen LogP contribution in [-0.2, 0) is 0 Å². The third kappa shape index (κ3) is 2.34. The first-order valence-corrected chi connectivity index (χ1v) is 7.08. The van der Waals surface area contributed by atoms with Gasteiger partial charge in [0.1, 0.15) is 0 Å². The zero-order valence-corrected chi connectivity index (χ0v) is 12.5. The van der Waals surface area contributed by atoms with Gasteiger partial charge in [0.2, 0.25) is 0 Å². The lowest BCUT2D eigenvalue weighted by molar-refractivity contribution is 0.102. The van der Waals surface area contributed by atoms with Crippen molar-refractivity contribution >= 4 is 38.4 Å². The van der Waals surface area contributed by atoms with E-state index in [1.807, 2.05) is 55.6 Å². The Labute approximate surface area is 125 Å². The van der Waals surface area contributed by atoms with E-state index in [4.69, 9.17) is 0 Å². The molecule has 4 heteroatoms. The summed E-state index contributed by atoms with van der Waals surface area (Å²) in [6, 6.07) is 13.4. The molecule has 0 atom stereocenters.